The number of carbonyl (C=O) groups is 1. The Morgan fingerprint density at radius 2 is 2.46 bits per heavy atom. The molecule has 2 aromatic heterocycles. The smallest absolute Gasteiger partial charge is 0.228 e. The molecule has 0 aliphatic rings. The maximum Gasteiger partial charge on any atom is 0.228 e. The lowest BCUT2D eigenvalue weighted by molar-refractivity contribution is 0.110. The van der Waals surface area contributed by atoms with E-state index in [4.69, 9.17) is 4.42 Å². The summed E-state index contributed by atoms with van der Waals surface area (Å²) in [4.78, 5) is 14.3. The van der Waals surface area contributed by atoms with Crippen LogP contribution in [0.25, 0.3) is 11.5 Å². The third kappa shape index (κ3) is 1.57. The van der Waals surface area contributed by atoms with Gasteiger partial charge >= 0.3 is 0 Å². The number of hydrogen-bond acceptors (Lipinski definition) is 4. The van der Waals surface area contributed by atoms with Gasteiger partial charge in [-0.1, -0.05) is 0 Å². The number of aromatic nitrogens is 1. The summed E-state index contributed by atoms with van der Waals surface area (Å²) in [5, 5.41) is 1.92. The highest BCUT2D eigenvalue weighted by Gasteiger charge is 2.10. The molecule has 0 amide bonds. The average Bonchev–Trinajstić information content (AvgIpc) is 2.71. The van der Waals surface area contributed by atoms with Crippen molar-refractivity contribution in [1.82, 2.24) is 4.98 Å². The predicted molar refractivity (Wildman–Crippen MR) is 52.9 cm³/mol. The highest BCUT2D eigenvalue weighted by atomic mass is 79.9. The standard InChI is InChI=1S/C8H4BrNO2S/c9-7-6(1-2-13-7)8-10-3-5(4-11)12-8/h1-4H. The Bertz CT molecular complexity index is 435. The van der Waals surface area contributed by atoms with Crippen LogP contribution in [0.2, 0.25) is 0 Å². The second kappa shape index (κ2) is 3.43. The second-order valence-corrected chi connectivity index (χ2v) is 4.53. The van der Waals surface area contributed by atoms with Gasteiger partial charge in [-0.25, -0.2) is 4.98 Å². The molecule has 66 valence electrons. The summed E-state index contributed by atoms with van der Waals surface area (Å²) in [6.45, 7) is 0. The second-order valence-electron chi connectivity index (χ2n) is 2.29. The molecule has 2 rings (SSSR count). The number of thiophene rings is 1. The highest BCUT2D eigenvalue weighted by molar-refractivity contribution is 9.11. The van der Waals surface area contributed by atoms with Crippen molar-refractivity contribution in [3.05, 3.63) is 27.2 Å². The Morgan fingerprint density at radius 3 is 3.00 bits per heavy atom. The van der Waals surface area contributed by atoms with E-state index in [0.29, 0.717) is 12.2 Å². The fourth-order valence-corrected chi connectivity index (χ4v) is 2.14. The van der Waals surface area contributed by atoms with E-state index in [1.807, 2.05) is 11.4 Å². The quantitative estimate of drug-likeness (QED) is 0.777. The third-order valence-electron chi connectivity index (χ3n) is 1.49. The van der Waals surface area contributed by atoms with Gasteiger partial charge in [0.2, 0.25) is 5.89 Å². The number of carbonyl (C=O) groups excluding carboxylic acids is 1. The van der Waals surface area contributed by atoms with Gasteiger partial charge in [0.15, 0.2) is 12.0 Å². The average molecular weight is 258 g/mol. The highest BCUT2D eigenvalue weighted by Crippen LogP contribution is 2.32. The van der Waals surface area contributed by atoms with E-state index in [-0.39, 0.29) is 5.76 Å². The summed E-state index contributed by atoms with van der Waals surface area (Å²) in [5.74, 6) is 0.711. The van der Waals surface area contributed by atoms with Crippen LogP contribution in [0, 0.1) is 0 Å². The summed E-state index contributed by atoms with van der Waals surface area (Å²) >= 11 is 4.91. The van der Waals surface area contributed by atoms with Crippen LogP contribution in [0.4, 0.5) is 0 Å². The van der Waals surface area contributed by atoms with E-state index in [9.17, 15) is 4.79 Å². The Hall–Kier alpha value is -0.940. The minimum absolute atomic E-state index is 0.244. The third-order valence-corrected chi connectivity index (χ3v) is 3.18. The molecule has 5 heteroatoms. The summed E-state index contributed by atoms with van der Waals surface area (Å²) in [7, 11) is 0. The van der Waals surface area contributed by atoms with Crippen LogP contribution in [-0.4, -0.2) is 11.3 Å². The number of hydrogen-bond donors (Lipinski definition) is 0. The van der Waals surface area contributed by atoms with Crippen LogP contribution in [0.5, 0.6) is 0 Å². The van der Waals surface area contributed by atoms with Crippen molar-refractivity contribution in [2.24, 2.45) is 0 Å². The van der Waals surface area contributed by atoms with Crippen molar-refractivity contribution < 1.29 is 9.21 Å². The molecule has 3 nitrogen and oxygen atoms in total. The lowest BCUT2D eigenvalue weighted by atomic mass is 10.3. The molecule has 2 heterocycles. The topological polar surface area (TPSA) is 43.1 Å². The van der Waals surface area contributed by atoms with Crippen molar-refractivity contribution in [3.8, 4) is 11.5 Å². The van der Waals surface area contributed by atoms with Crippen LogP contribution in [0.3, 0.4) is 0 Å². The number of oxazole rings is 1. The van der Waals surface area contributed by atoms with Gasteiger partial charge in [-0.3, -0.25) is 4.79 Å². The summed E-state index contributed by atoms with van der Waals surface area (Å²) in [5.41, 5.74) is 0.873. The lowest BCUT2D eigenvalue weighted by Gasteiger charge is -1.89. The van der Waals surface area contributed by atoms with Gasteiger partial charge in [0.1, 0.15) is 0 Å². The minimum Gasteiger partial charge on any atom is -0.433 e. The Balaban J connectivity index is 2.46. The first kappa shape index (κ1) is 8.65. The number of rotatable bonds is 2. The molecule has 0 aromatic carbocycles. The van der Waals surface area contributed by atoms with E-state index in [0.717, 1.165) is 9.35 Å². The van der Waals surface area contributed by atoms with E-state index in [1.165, 1.54) is 6.20 Å². The summed E-state index contributed by atoms with van der Waals surface area (Å²) in [6.07, 6.45) is 2.04. The number of nitrogens with zero attached hydrogens (tertiary/aromatic N) is 1. The van der Waals surface area contributed by atoms with Crippen molar-refractivity contribution in [3.63, 3.8) is 0 Å². The van der Waals surface area contributed by atoms with Gasteiger partial charge in [-0.15, -0.1) is 11.3 Å². The van der Waals surface area contributed by atoms with E-state index in [2.05, 4.69) is 20.9 Å². The Morgan fingerprint density at radius 1 is 1.62 bits per heavy atom. The summed E-state index contributed by atoms with van der Waals surface area (Å²) in [6, 6.07) is 1.88. The lowest BCUT2D eigenvalue weighted by Crippen LogP contribution is -1.71. The summed E-state index contributed by atoms with van der Waals surface area (Å²) < 4.78 is 6.11. The van der Waals surface area contributed by atoms with Crippen LogP contribution in [0.1, 0.15) is 10.6 Å². The fraction of sp³-hybridized carbons (Fsp3) is 0. The van der Waals surface area contributed by atoms with Gasteiger partial charge in [0.05, 0.1) is 15.5 Å². The van der Waals surface area contributed by atoms with Crippen molar-refractivity contribution >= 4 is 33.6 Å². The van der Waals surface area contributed by atoms with E-state index < -0.39 is 0 Å². The molecule has 0 aliphatic carbocycles. The Kier molecular flexibility index (Phi) is 2.28. The van der Waals surface area contributed by atoms with Crippen LogP contribution in [-0.2, 0) is 0 Å². The molecule has 13 heavy (non-hydrogen) atoms. The zero-order chi connectivity index (χ0) is 9.26. The number of halogens is 1. The van der Waals surface area contributed by atoms with Crippen LogP contribution in [0.15, 0.2) is 25.8 Å². The maximum atomic E-state index is 10.3. The molecule has 0 fully saturated rings. The van der Waals surface area contributed by atoms with Gasteiger partial charge < -0.3 is 4.42 Å². The molecule has 0 radical (unpaired) electrons. The molecule has 0 bridgehead atoms. The van der Waals surface area contributed by atoms with Gasteiger partial charge in [0, 0.05) is 0 Å². The van der Waals surface area contributed by atoms with E-state index in [1.54, 1.807) is 11.3 Å². The first-order valence-electron chi connectivity index (χ1n) is 3.45. The first-order valence-corrected chi connectivity index (χ1v) is 5.13. The molecular weight excluding hydrogens is 254 g/mol. The normalized spacial score (nSPS) is 10.2. The van der Waals surface area contributed by atoms with Gasteiger partial charge in [0.25, 0.3) is 0 Å². The maximum absolute atomic E-state index is 10.3. The van der Waals surface area contributed by atoms with Crippen LogP contribution >= 0.6 is 27.3 Å². The molecule has 0 unspecified atom stereocenters. The van der Waals surface area contributed by atoms with Crippen molar-refractivity contribution in [2.45, 2.75) is 0 Å². The zero-order valence-corrected chi connectivity index (χ0v) is 8.76. The molecule has 0 saturated carbocycles. The number of aldehydes is 1. The van der Waals surface area contributed by atoms with Gasteiger partial charge in [-0.05, 0) is 27.4 Å². The zero-order valence-electron chi connectivity index (χ0n) is 6.36. The molecule has 0 aliphatic heterocycles. The molecule has 0 saturated heterocycles. The molecule has 2 aromatic rings. The van der Waals surface area contributed by atoms with E-state index >= 15 is 0 Å². The minimum atomic E-state index is 0.244. The first-order chi connectivity index (χ1) is 6.31. The fourth-order valence-electron chi connectivity index (χ4n) is 0.912. The van der Waals surface area contributed by atoms with Crippen LogP contribution < -0.4 is 0 Å². The van der Waals surface area contributed by atoms with Crippen molar-refractivity contribution in [2.75, 3.05) is 0 Å². The molecule has 0 spiro atoms. The largest absolute Gasteiger partial charge is 0.433 e. The predicted octanol–water partition coefficient (Wildman–Crippen LogP) is 2.98. The molecular formula is C8H4BrNO2S. The monoisotopic (exact) mass is 257 g/mol. The SMILES string of the molecule is O=Cc1cnc(-c2ccsc2Br)o1. The Labute approximate surface area is 86.5 Å². The van der Waals surface area contributed by atoms with Crippen molar-refractivity contribution in [1.29, 1.82) is 0 Å². The van der Waals surface area contributed by atoms with Gasteiger partial charge in [-0.2, -0.15) is 0 Å². The molecule has 0 N–H and O–H groups in total. The molecule has 0 atom stereocenters.